The van der Waals surface area contributed by atoms with Crippen LogP contribution in [0.4, 0.5) is 0 Å². The highest BCUT2D eigenvalue weighted by molar-refractivity contribution is 7.99. The van der Waals surface area contributed by atoms with Gasteiger partial charge in [0.15, 0.2) is 0 Å². The number of nitrogens with zero attached hydrogens (tertiary/aromatic N) is 3. The number of nitriles is 1. The summed E-state index contributed by atoms with van der Waals surface area (Å²) in [6, 6.07) is 7.07. The zero-order valence-electron chi connectivity index (χ0n) is 11.6. The maximum absolute atomic E-state index is 9.18. The smallest absolute Gasteiger partial charge is 0.124 e. The number of aromatic nitrogens is 2. The zero-order chi connectivity index (χ0) is 15.2. The van der Waals surface area contributed by atoms with E-state index in [1.807, 2.05) is 6.92 Å². The van der Waals surface area contributed by atoms with Gasteiger partial charge in [-0.1, -0.05) is 16.9 Å². The minimum Gasteiger partial charge on any atom is -0.395 e. The van der Waals surface area contributed by atoms with Crippen molar-refractivity contribution < 1.29 is 9.63 Å². The molecule has 0 bridgehead atoms. The molecule has 2 heterocycles. The number of aliphatic hydroxyl groups is 1. The van der Waals surface area contributed by atoms with Crippen molar-refractivity contribution in [3.05, 3.63) is 41.4 Å². The number of hydrogen-bond donors (Lipinski definition) is 2. The maximum atomic E-state index is 9.18. The van der Waals surface area contributed by atoms with Crippen LogP contribution in [-0.2, 0) is 0 Å². The Morgan fingerprint density at radius 2 is 2.29 bits per heavy atom. The van der Waals surface area contributed by atoms with Gasteiger partial charge in [0.1, 0.15) is 17.4 Å². The molecule has 2 aromatic rings. The summed E-state index contributed by atoms with van der Waals surface area (Å²) in [4.78, 5) is 4.41. The average molecular weight is 304 g/mol. The number of thioether (sulfide) groups is 1. The van der Waals surface area contributed by atoms with Crippen LogP contribution in [-0.4, -0.2) is 27.9 Å². The summed E-state index contributed by atoms with van der Waals surface area (Å²) >= 11 is 1.41. The Kier molecular flexibility index (Phi) is 5.33. The van der Waals surface area contributed by atoms with E-state index < -0.39 is 0 Å². The molecule has 0 saturated carbocycles. The molecule has 2 atom stereocenters. The van der Waals surface area contributed by atoms with Crippen LogP contribution >= 0.6 is 11.8 Å². The van der Waals surface area contributed by atoms with Crippen LogP contribution in [0, 0.1) is 18.3 Å². The molecule has 3 N–H and O–H groups in total. The number of nitrogens with two attached hydrogens (primary N) is 1. The van der Waals surface area contributed by atoms with Crippen molar-refractivity contribution in [3.8, 4) is 6.07 Å². The van der Waals surface area contributed by atoms with Gasteiger partial charge in [0.2, 0.25) is 0 Å². The molecule has 2 rings (SSSR count). The quantitative estimate of drug-likeness (QED) is 0.783. The van der Waals surface area contributed by atoms with E-state index >= 15 is 0 Å². The Hall–Kier alpha value is -1.88. The molecule has 1 unspecified atom stereocenters. The monoisotopic (exact) mass is 304 g/mol. The Labute approximate surface area is 127 Å². The maximum Gasteiger partial charge on any atom is 0.124 e. The second kappa shape index (κ2) is 7.22. The van der Waals surface area contributed by atoms with Gasteiger partial charge >= 0.3 is 0 Å². The van der Waals surface area contributed by atoms with Gasteiger partial charge in [-0.25, -0.2) is 4.98 Å². The van der Waals surface area contributed by atoms with E-state index in [0.29, 0.717) is 17.0 Å². The molecule has 0 aliphatic heterocycles. The predicted octanol–water partition coefficient (Wildman–Crippen LogP) is 1.79. The predicted molar refractivity (Wildman–Crippen MR) is 78.5 cm³/mol. The Bertz CT molecular complexity index is 624. The molecule has 2 aromatic heterocycles. The van der Waals surface area contributed by atoms with Crippen LogP contribution in [0.15, 0.2) is 34.0 Å². The van der Waals surface area contributed by atoms with Gasteiger partial charge in [-0.15, -0.1) is 0 Å². The molecule has 0 saturated heterocycles. The van der Waals surface area contributed by atoms with Gasteiger partial charge in [-0.3, -0.25) is 0 Å². The fourth-order valence-electron chi connectivity index (χ4n) is 1.81. The second-order valence-corrected chi connectivity index (χ2v) is 5.82. The molecule has 0 aromatic carbocycles. The first-order valence-corrected chi connectivity index (χ1v) is 7.33. The topological polar surface area (TPSA) is 109 Å². The van der Waals surface area contributed by atoms with Gasteiger partial charge in [0, 0.05) is 17.8 Å². The van der Waals surface area contributed by atoms with Crippen molar-refractivity contribution in [1.82, 2.24) is 10.1 Å². The lowest BCUT2D eigenvalue weighted by Gasteiger charge is -2.17. The first kappa shape index (κ1) is 15.5. The van der Waals surface area contributed by atoms with Crippen molar-refractivity contribution in [2.75, 3.05) is 6.61 Å². The lowest BCUT2D eigenvalue weighted by Crippen LogP contribution is -2.26. The Balaban J connectivity index is 2.27. The first-order valence-electron chi connectivity index (χ1n) is 6.45. The summed E-state index contributed by atoms with van der Waals surface area (Å²) in [6.45, 7) is 1.76. The van der Waals surface area contributed by atoms with Gasteiger partial charge in [0.25, 0.3) is 0 Å². The number of hydrogen-bond acceptors (Lipinski definition) is 7. The third-order valence-electron chi connectivity index (χ3n) is 2.91. The summed E-state index contributed by atoms with van der Waals surface area (Å²) in [5.74, 6) is 0. The molecular weight excluding hydrogens is 288 g/mol. The van der Waals surface area contributed by atoms with Crippen molar-refractivity contribution in [1.29, 1.82) is 5.26 Å². The molecule has 0 aliphatic rings. The fourth-order valence-corrected chi connectivity index (χ4v) is 3.10. The van der Waals surface area contributed by atoms with Crippen molar-refractivity contribution in [2.45, 2.75) is 29.7 Å². The summed E-state index contributed by atoms with van der Waals surface area (Å²) in [5.41, 5.74) is 7.89. The van der Waals surface area contributed by atoms with Crippen molar-refractivity contribution in [2.24, 2.45) is 5.73 Å². The van der Waals surface area contributed by atoms with Gasteiger partial charge in [-0.05, 0) is 25.5 Å². The average Bonchev–Trinajstić information content (AvgIpc) is 3.01. The second-order valence-electron chi connectivity index (χ2n) is 4.63. The standard InChI is InChI=1S/C14H16N4O2S/c1-9-2-3-10(7-15)14(17-9)21-13(6-11(16)8-19)12-4-5-20-18-12/h2-5,11,13,19H,6,8,16H2,1H3/t11-,13?/m0/s1. The summed E-state index contributed by atoms with van der Waals surface area (Å²) < 4.78 is 4.88. The highest BCUT2D eigenvalue weighted by atomic mass is 32.2. The number of pyridine rings is 1. The lowest BCUT2D eigenvalue weighted by molar-refractivity contribution is 0.259. The number of aliphatic hydroxyl groups excluding tert-OH is 1. The van der Waals surface area contributed by atoms with E-state index in [4.69, 9.17) is 15.4 Å². The molecular formula is C14H16N4O2S. The molecule has 7 heteroatoms. The van der Waals surface area contributed by atoms with E-state index in [1.165, 1.54) is 18.0 Å². The van der Waals surface area contributed by atoms with Crippen LogP contribution in [0.1, 0.15) is 28.6 Å². The summed E-state index contributed by atoms with van der Waals surface area (Å²) in [6.07, 6.45) is 2.00. The molecule has 0 amide bonds. The van der Waals surface area contributed by atoms with Gasteiger partial charge in [-0.2, -0.15) is 5.26 Å². The SMILES string of the molecule is Cc1ccc(C#N)c(SC(C[C@H](N)CO)c2ccon2)n1. The minimum atomic E-state index is -0.366. The summed E-state index contributed by atoms with van der Waals surface area (Å²) in [5, 5.41) is 22.8. The van der Waals surface area contributed by atoms with Crippen LogP contribution in [0.3, 0.4) is 0 Å². The Morgan fingerprint density at radius 1 is 1.48 bits per heavy atom. The minimum absolute atomic E-state index is 0.110. The molecule has 0 radical (unpaired) electrons. The highest BCUT2D eigenvalue weighted by Crippen LogP contribution is 2.38. The lowest BCUT2D eigenvalue weighted by atomic mass is 10.1. The van der Waals surface area contributed by atoms with Gasteiger partial charge < -0.3 is 15.4 Å². The molecule has 0 aliphatic carbocycles. The molecule has 6 nitrogen and oxygen atoms in total. The van der Waals surface area contributed by atoms with Gasteiger partial charge in [0.05, 0.1) is 23.1 Å². The third-order valence-corrected chi connectivity index (χ3v) is 4.17. The molecule has 21 heavy (non-hydrogen) atoms. The molecule has 110 valence electrons. The third kappa shape index (κ3) is 4.04. The highest BCUT2D eigenvalue weighted by Gasteiger charge is 2.21. The van der Waals surface area contributed by atoms with Crippen LogP contribution in [0.2, 0.25) is 0 Å². The molecule has 0 spiro atoms. The van der Waals surface area contributed by atoms with Crippen LogP contribution < -0.4 is 5.73 Å². The molecule has 0 fully saturated rings. The van der Waals surface area contributed by atoms with Crippen LogP contribution in [0.25, 0.3) is 0 Å². The van der Waals surface area contributed by atoms with E-state index in [0.717, 1.165) is 11.4 Å². The van der Waals surface area contributed by atoms with E-state index in [-0.39, 0.29) is 17.9 Å². The fraction of sp³-hybridized carbons (Fsp3) is 0.357. The Morgan fingerprint density at radius 3 is 2.90 bits per heavy atom. The van der Waals surface area contributed by atoms with E-state index in [2.05, 4.69) is 16.2 Å². The van der Waals surface area contributed by atoms with Crippen LogP contribution in [0.5, 0.6) is 0 Å². The largest absolute Gasteiger partial charge is 0.395 e. The number of aryl methyl sites for hydroxylation is 1. The van der Waals surface area contributed by atoms with E-state index in [1.54, 1.807) is 18.2 Å². The normalized spacial score (nSPS) is 13.6. The van der Waals surface area contributed by atoms with E-state index in [9.17, 15) is 5.26 Å². The zero-order valence-corrected chi connectivity index (χ0v) is 12.4. The summed E-state index contributed by atoms with van der Waals surface area (Å²) in [7, 11) is 0. The first-order chi connectivity index (χ1) is 10.1. The number of rotatable bonds is 6. The van der Waals surface area contributed by atoms with Crippen molar-refractivity contribution in [3.63, 3.8) is 0 Å². The van der Waals surface area contributed by atoms with Crippen molar-refractivity contribution >= 4 is 11.8 Å².